The molecule has 1 saturated carbocycles. The van der Waals surface area contributed by atoms with Crippen LogP contribution >= 0.6 is 0 Å². The molecule has 1 amide bonds. The van der Waals surface area contributed by atoms with Gasteiger partial charge in [-0.1, -0.05) is 0 Å². The van der Waals surface area contributed by atoms with Crippen molar-refractivity contribution < 1.29 is 18.1 Å². The molecule has 11 heteroatoms. The molecule has 1 heterocycles. The number of carbonyl (C=O) groups excluding carboxylic acids is 1. The second kappa shape index (κ2) is 10.4. The van der Waals surface area contributed by atoms with Crippen molar-refractivity contribution in [2.24, 2.45) is 5.92 Å². The number of amides is 1. The molecule has 1 saturated heterocycles. The average molecular weight is 482 g/mol. The van der Waals surface area contributed by atoms with Crippen molar-refractivity contribution in [3.63, 3.8) is 0 Å². The van der Waals surface area contributed by atoms with Gasteiger partial charge < -0.3 is 9.80 Å². The molecule has 3 rings (SSSR count). The highest BCUT2D eigenvalue weighted by molar-refractivity contribution is 7.89. The van der Waals surface area contributed by atoms with Crippen molar-refractivity contribution in [1.82, 2.24) is 14.5 Å². The molecule has 0 atom stereocenters. The van der Waals surface area contributed by atoms with Crippen LogP contribution in [0.5, 0.6) is 0 Å². The summed E-state index contributed by atoms with van der Waals surface area (Å²) >= 11 is 0. The number of carbonyl (C=O) groups is 1. The zero-order valence-electron chi connectivity index (χ0n) is 19.9. The summed E-state index contributed by atoms with van der Waals surface area (Å²) < 4.78 is 28.2. The smallest absolute Gasteiger partial charge is 0.293 e. The molecule has 0 unspecified atom stereocenters. The number of rotatable bonds is 10. The molecule has 1 aliphatic carbocycles. The zero-order chi connectivity index (χ0) is 24.3. The van der Waals surface area contributed by atoms with Crippen molar-refractivity contribution in [3.8, 4) is 0 Å². The standard InChI is InChI=1S/C22H35N5O5S/c1-16(2)26(17(3)4)10-9-23-33(31,32)19-7-8-20(21(15-19)27(29)30)24-11-13-25(14-12-24)22(28)18-5-6-18/h7-8,15-18,23H,5-6,9-14H2,1-4H3. The second-order valence-electron chi connectivity index (χ2n) is 9.32. The zero-order valence-corrected chi connectivity index (χ0v) is 20.7. The summed E-state index contributed by atoms with van der Waals surface area (Å²) in [6.07, 6.45) is 1.89. The normalized spacial score (nSPS) is 17.3. The van der Waals surface area contributed by atoms with Gasteiger partial charge in [-0.2, -0.15) is 0 Å². The molecular formula is C22H35N5O5S. The fraction of sp³-hybridized carbons (Fsp3) is 0.682. The number of nitro groups is 1. The van der Waals surface area contributed by atoms with Crippen LogP contribution < -0.4 is 9.62 Å². The number of benzene rings is 1. The average Bonchev–Trinajstić information content (AvgIpc) is 3.61. The molecule has 33 heavy (non-hydrogen) atoms. The summed E-state index contributed by atoms with van der Waals surface area (Å²) in [4.78, 5) is 29.2. The minimum atomic E-state index is -3.89. The van der Waals surface area contributed by atoms with Gasteiger partial charge >= 0.3 is 0 Å². The van der Waals surface area contributed by atoms with Crippen LogP contribution in [0.4, 0.5) is 11.4 Å². The lowest BCUT2D eigenvalue weighted by Gasteiger charge is -2.36. The summed E-state index contributed by atoms with van der Waals surface area (Å²) in [6.45, 7) is 10.9. The Bertz CT molecular complexity index is 961. The van der Waals surface area contributed by atoms with Gasteiger partial charge in [0.05, 0.1) is 9.82 Å². The van der Waals surface area contributed by atoms with Crippen molar-refractivity contribution in [1.29, 1.82) is 0 Å². The summed E-state index contributed by atoms with van der Waals surface area (Å²) in [5.41, 5.74) is 0.133. The number of nitrogens with one attached hydrogen (secondary N) is 1. The number of hydrogen-bond donors (Lipinski definition) is 1. The maximum atomic E-state index is 12.8. The van der Waals surface area contributed by atoms with Gasteiger partial charge in [0, 0.05) is 63.3 Å². The van der Waals surface area contributed by atoms with E-state index in [1.54, 1.807) is 0 Å². The lowest BCUT2D eigenvalue weighted by atomic mass is 10.2. The van der Waals surface area contributed by atoms with Gasteiger partial charge in [-0.15, -0.1) is 0 Å². The Morgan fingerprint density at radius 1 is 1.15 bits per heavy atom. The van der Waals surface area contributed by atoms with E-state index in [-0.39, 0.29) is 41.0 Å². The molecule has 2 aliphatic rings. The summed E-state index contributed by atoms with van der Waals surface area (Å²) in [7, 11) is -3.89. The number of anilines is 1. The highest BCUT2D eigenvalue weighted by Crippen LogP contribution is 2.34. The summed E-state index contributed by atoms with van der Waals surface area (Å²) in [5.74, 6) is 0.321. The Kier molecular flexibility index (Phi) is 7.96. The Morgan fingerprint density at radius 2 is 1.76 bits per heavy atom. The van der Waals surface area contributed by atoms with Crippen molar-refractivity contribution >= 4 is 27.3 Å². The monoisotopic (exact) mass is 481 g/mol. The van der Waals surface area contributed by atoms with E-state index in [1.807, 2.05) is 9.80 Å². The van der Waals surface area contributed by atoms with E-state index in [9.17, 15) is 23.3 Å². The van der Waals surface area contributed by atoms with Gasteiger partial charge in [0.2, 0.25) is 15.9 Å². The summed E-state index contributed by atoms with van der Waals surface area (Å²) in [5, 5.41) is 11.8. The molecule has 1 N–H and O–H groups in total. The Hall–Kier alpha value is -2.24. The SMILES string of the molecule is CC(C)N(CCNS(=O)(=O)c1ccc(N2CCN(C(=O)C3CC3)CC2)c([N+](=O)[O-])c1)C(C)C. The minimum Gasteiger partial charge on any atom is -0.362 e. The topological polar surface area (TPSA) is 116 Å². The number of nitro benzene ring substituents is 1. The van der Waals surface area contributed by atoms with E-state index in [0.717, 1.165) is 18.9 Å². The minimum absolute atomic E-state index is 0.124. The van der Waals surface area contributed by atoms with E-state index in [1.165, 1.54) is 12.1 Å². The van der Waals surface area contributed by atoms with Crippen LogP contribution in [0, 0.1) is 16.0 Å². The number of nitrogens with zero attached hydrogens (tertiary/aromatic N) is 4. The van der Waals surface area contributed by atoms with E-state index in [0.29, 0.717) is 38.4 Å². The van der Waals surface area contributed by atoms with E-state index in [2.05, 4.69) is 37.3 Å². The van der Waals surface area contributed by atoms with Gasteiger partial charge in [-0.3, -0.25) is 19.8 Å². The molecule has 10 nitrogen and oxygen atoms in total. The number of piperazine rings is 1. The van der Waals surface area contributed by atoms with Crippen LogP contribution in [-0.2, 0) is 14.8 Å². The molecule has 0 spiro atoms. The van der Waals surface area contributed by atoms with Crippen LogP contribution in [0.25, 0.3) is 0 Å². The maximum Gasteiger partial charge on any atom is 0.293 e. The lowest BCUT2D eigenvalue weighted by molar-refractivity contribution is -0.384. The molecule has 2 fully saturated rings. The maximum absolute atomic E-state index is 12.8. The van der Waals surface area contributed by atoms with Crippen LogP contribution in [0.15, 0.2) is 23.1 Å². The molecule has 0 aromatic heterocycles. The third-order valence-electron chi connectivity index (χ3n) is 6.30. The molecule has 1 aromatic carbocycles. The van der Waals surface area contributed by atoms with E-state index < -0.39 is 14.9 Å². The van der Waals surface area contributed by atoms with Crippen LogP contribution in [-0.4, -0.2) is 80.4 Å². The van der Waals surface area contributed by atoms with E-state index >= 15 is 0 Å². The van der Waals surface area contributed by atoms with Crippen LogP contribution in [0.3, 0.4) is 0 Å². The predicted octanol–water partition coefficient (Wildman–Crippen LogP) is 2.05. The lowest BCUT2D eigenvalue weighted by Crippen LogP contribution is -2.49. The largest absolute Gasteiger partial charge is 0.362 e. The third kappa shape index (κ3) is 6.21. The fourth-order valence-corrected chi connectivity index (χ4v) is 5.39. The van der Waals surface area contributed by atoms with Gasteiger partial charge in [-0.25, -0.2) is 13.1 Å². The summed E-state index contributed by atoms with van der Waals surface area (Å²) in [6, 6.07) is 4.58. The molecule has 0 radical (unpaired) electrons. The molecule has 1 aliphatic heterocycles. The molecule has 0 bridgehead atoms. The highest BCUT2D eigenvalue weighted by Gasteiger charge is 2.35. The molecule has 184 valence electrons. The van der Waals surface area contributed by atoms with Crippen LogP contribution in [0.1, 0.15) is 40.5 Å². The van der Waals surface area contributed by atoms with E-state index in [4.69, 9.17) is 0 Å². The Labute approximate surface area is 196 Å². The van der Waals surface area contributed by atoms with Gasteiger partial charge in [0.1, 0.15) is 5.69 Å². The van der Waals surface area contributed by atoms with Gasteiger partial charge in [-0.05, 0) is 52.7 Å². The number of hydrogen-bond acceptors (Lipinski definition) is 7. The first-order valence-corrected chi connectivity index (χ1v) is 13.1. The molecular weight excluding hydrogens is 446 g/mol. The molecule has 1 aromatic rings. The Balaban J connectivity index is 1.69. The van der Waals surface area contributed by atoms with Crippen molar-refractivity contribution in [2.45, 2.75) is 57.5 Å². The first kappa shape index (κ1) is 25.4. The van der Waals surface area contributed by atoms with Crippen molar-refractivity contribution in [3.05, 3.63) is 28.3 Å². The first-order chi connectivity index (χ1) is 15.5. The predicted molar refractivity (Wildman–Crippen MR) is 127 cm³/mol. The Morgan fingerprint density at radius 3 is 2.27 bits per heavy atom. The van der Waals surface area contributed by atoms with Crippen LogP contribution in [0.2, 0.25) is 0 Å². The third-order valence-corrected chi connectivity index (χ3v) is 7.76. The second-order valence-corrected chi connectivity index (χ2v) is 11.1. The quantitative estimate of drug-likeness (QED) is 0.402. The fourth-order valence-electron chi connectivity index (χ4n) is 4.35. The highest BCUT2D eigenvalue weighted by atomic mass is 32.2. The van der Waals surface area contributed by atoms with Crippen molar-refractivity contribution in [2.75, 3.05) is 44.2 Å². The van der Waals surface area contributed by atoms with Gasteiger partial charge in [0.25, 0.3) is 5.69 Å². The first-order valence-electron chi connectivity index (χ1n) is 11.6. The van der Waals surface area contributed by atoms with Gasteiger partial charge in [0.15, 0.2) is 0 Å². The number of sulfonamides is 1.